The molecule has 0 bridgehead atoms. The molecule has 0 saturated heterocycles. The molecule has 1 unspecified atom stereocenters. The summed E-state index contributed by atoms with van der Waals surface area (Å²) in [7, 11) is 0. The highest BCUT2D eigenvalue weighted by Gasteiger charge is 2.35. The number of carboxylic acid groups (broad SMARTS) is 1. The second-order valence-corrected chi connectivity index (χ2v) is 10.3. The molecule has 0 aliphatic heterocycles. The van der Waals surface area contributed by atoms with E-state index >= 15 is 0 Å². The number of carbonyl (C=O) groups is 2. The Labute approximate surface area is 247 Å². The maximum atomic E-state index is 13.4. The van der Waals surface area contributed by atoms with Gasteiger partial charge in [0.1, 0.15) is 18.1 Å². The number of alkyl halides is 3. The zero-order valence-corrected chi connectivity index (χ0v) is 24.0. The Bertz CT molecular complexity index is 1260. The molecule has 1 amide bonds. The summed E-state index contributed by atoms with van der Waals surface area (Å²) in [6, 6.07) is 21.4. The molecule has 0 fully saturated rings. The van der Waals surface area contributed by atoms with Crippen LogP contribution in [0, 0.1) is 0 Å². The highest BCUT2D eigenvalue weighted by molar-refractivity contribution is 7.98. The monoisotopic (exact) mass is 605 g/mol. The van der Waals surface area contributed by atoms with E-state index < -0.39 is 35.7 Å². The first kappa shape index (κ1) is 32.8. The molecule has 226 valence electrons. The van der Waals surface area contributed by atoms with Crippen molar-refractivity contribution in [3.63, 3.8) is 0 Å². The number of aliphatic carboxylic acids is 1. The minimum Gasteiger partial charge on any atom is -0.492 e. The lowest BCUT2D eigenvalue weighted by Gasteiger charge is -2.23. The Balaban J connectivity index is 1.58. The summed E-state index contributed by atoms with van der Waals surface area (Å²) in [6.07, 6.45) is -5.71. The van der Waals surface area contributed by atoms with Crippen molar-refractivity contribution in [3.05, 3.63) is 95.6 Å². The van der Waals surface area contributed by atoms with Crippen LogP contribution in [0.2, 0.25) is 0 Å². The molecule has 0 aromatic heterocycles. The van der Waals surface area contributed by atoms with Gasteiger partial charge in [0.15, 0.2) is 6.10 Å². The van der Waals surface area contributed by atoms with Crippen molar-refractivity contribution in [1.82, 2.24) is 4.90 Å². The second-order valence-electron chi connectivity index (χ2n) is 9.22. The van der Waals surface area contributed by atoms with Crippen molar-refractivity contribution < 1.29 is 42.1 Å². The van der Waals surface area contributed by atoms with E-state index in [1.54, 1.807) is 43.0 Å². The average Bonchev–Trinajstić information content (AvgIpc) is 2.97. The van der Waals surface area contributed by atoms with Gasteiger partial charge in [-0.15, -0.1) is 0 Å². The van der Waals surface area contributed by atoms with Crippen LogP contribution in [0.15, 0.2) is 78.9 Å². The van der Waals surface area contributed by atoms with Gasteiger partial charge in [0.2, 0.25) is 0 Å². The number of carbonyl (C=O) groups excluding carboxylic acids is 1. The fourth-order valence-electron chi connectivity index (χ4n) is 3.99. The molecule has 0 spiro atoms. The molecule has 0 saturated carbocycles. The molecule has 42 heavy (non-hydrogen) atoms. The number of carboxylic acids is 1. The number of hydrogen-bond donors (Lipinski definition) is 1. The van der Waals surface area contributed by atoms with Crippen molar-refractivity contribution >= 4 is 23.8 Å². The number of rotatable bonds is 16. The van der Waals surface area contributed by atoms with Gasteiger partial charge in [0, 0.05) is 25.3 Å². The number of amides is 1. The third kappa shape index (κ3) is 10.9. The van der Waals surface area contributed by atoms with Gasteiger partial charge >= 0.3 is 18.2 Å². The van der Waals surface area contributed by atoms with Gasteiger partial charge in [-0.05, 0) is 54.5 Å². The molecule has 11 heteroatoms. The van der Waals surface area contributed by atoms with Gasteiger partial charge in [-0.2, -0.15) is 24.9 Å². The second kappa shape index (κ2) is 16.7. The minimum atomic E-state index is -4.67. The van der Waals surface area contributed by atoms with Gasteiger partial charge in [0.05, 0.1) is 12.1 Å². The summed E-state index contributed by atoms with van der Waals surface area (Å²) >= 11 is 1.70. The van der Waals surface area contributed by atoms with Crippen LogP contribution in [-0.4, -0.2) is 60.2 Å². The van der Waals surface area contributed by atoms with Gasteiger partial charge < -0.3 is 24.2 Å². The zero-order valence-electron chi connectivity index (χ0n) is 23.2. The molecule has 1 N–H and O–H groups in total. The maximum Gasteiger partial charge on any atom is 0.419 e. The summed E-state index contributed by atoms with van der Waals surface area (Å²) in [5.74, 6) is 0.443. The standard InChI is InChI=1S/C31H34F3NO6S/c1-2-39-28(29(36)37)21-23-13-15-25(16-14-23)40-19-18-35(17-8-20-42-22-24-9-4-3-5-10-24)30(38)41-27-12-7-6-11-26(27)31(32,33)34/h3-7,9-16,28H,2,8,17-22H2,1H3,(H,36,37). The quantitative estimate of drug-likeness (QED) is 0.177. The first-order valence-corrected chi connectivity index (χ1v) is 14.6. The van der Waals surface area contributed by atoms with Crippen molar-refractivity contribution in [2.45, 2.75) is 37.8 Å². The molecule has 0 aliphatic carbocycles. The Morgan fingerprint density at radius 2 is 1.62 bits per heavy atom. The molecule has 0 radical (unpaired) electrons. The average molecular weight is 606 g/mol. The summed E-state index contributed by atoms with van der Waals surface area (Å²) < 4.78 is 56.5. The lowest BCUT2D eigenvalue weighted by atomic mass is 10.1. The Hall–Kier alpha value is -3.70. The van der Waals surface area contributed by atoms with E-state index in [0.29, 0.717) is 12.2 Å². The topological polar surface area (TPSA) is 85.3 Å². The van der Waals surface area contributed by atoms with E-state index in [2.05, 4.69) is 0 Å². The van der Waals surface area contributed by atoms with Crippen LogP contribution in [0.3, 0.4) is 0 Å². The molecule has 3 aromatic carbocycles. The number of thioether (sulfide) groups is 1. The number of hydrogen-bond acceptors (Lipinski definition) is 6. The number of para-hydroxylation sites is 1. The number of ether oxygens (including phenoxy) is 3. The fraction of sp³-hybridized carbons (Fsp3) is 0.355. The van der Waals surface area contributed by atoms with E-state index in [4.69, 9.17) is 14.2 Å². The van der Waals surface area contributed by atoms with Gasteiger partial charge in [-0.25, -0.2) is 9.59 Å². The number of benzene rings is 3. The molecular formula is C31H34F3NO6S. The predicted molar refractivity (Wildman–Crippen MR) is 155 cm³/mol. The third-order valence-electron chi connectivity index (χ3n) is 6.09. The van der Waals surface area contributed by atoms with Crippen molar-refractivity contribution in [1.29, 1.82) is 0 Å². The predicted octanol–water partition coefficient (Wildman–Crippen LogP) is 6.94. The van der Waals surface area contributed by atoms with E-state index in [1.807, 2.05) is 30.3 Å². The normalized spacial score (nSPS) is 12.0. The van der Waals surface area contributed by atoms with E-state index in [-0.39, 0.29) is 32.7 Å². The Kier molecular flexibility index (Phi) is 13.0. The van der Waals surface area contributed by atoms with E-state index in [0.717, 1.165) is 29.2 Å². The van der Waals surface area contributed by atoms with Crippen molar-refractivity contribution in [3.8, 4) is 11.5 Å². The van der Waals surface area contributed by atoms with Gasteiger partial charge in [-0.1, -0.05) is 54.6 Å². The molecule has 0 aliphatic rings. The van der Waals surface area contributed by atoms with Crippen LogP contribution in [0.4, 0.5) is 18.0 Å². The van der Waals surface area contributed by atoms with Crippen LogP contribution < -0.4 is 9.47 Å². The van der Waals surface area contributed by atoms with Crippen LogP contribution >= 0.6 is 11.8 Å². The van der Waals surface area contributed by atoms with Gasteiger partial charge in [0.25, 0.3) is 0 Å². The Morgan fingerprint density at radius 3 is 2.29 bits per heavy atom. The van der Waals surface area contributed by atoms with Crippen LogP contribution in [0.1, 0.15) is 30.0 Å². The summed E-state index contributed by atoms with van der Waals surface area (Å²) in [5.41, 5.74) is 0.908. The first-order chi connectivity index (χ1) is 20.2. The van der Waals surface area contributed by atoms with Crippen LogP contribution in [0.25, 0.3) is 0 Å². The number of halogens is 3. The highest BCUT2D eigenvalue weighted by atomic mass is 32.2. The molecule has 3 rings (SSSR count). The fourth-order valence-corrected chi connectivity index (χ4v) is 4.90. The Morgan fingerprint density at radius 1 is 0.929 bits per heavy atom. The summed E-state index contributed by atoms with van der Waals surface area (Å²) in [6.45, 7) is 2.44. The van der Waals surface area contributed by atoms with Crippen molar-refractivity contribution in [2.75, 3.05) is 32.1 Å². The summed E-state index contributed by atoms with van der Waals surface area (Å²) in [5, 5.41) is 9.28. The van der Waals surface area contributed by atoms with Crippen LogP contribution in [-0.2, 0) is 27.9 Å². The third-order valence-corrected chi connectivity index (χ3v) is 7.21. The number of nitrogens with zero attached hydrogens (tertiary/aromatic N) is 1. The molecular weight excluding hydrogens is 571 g/mol. The molecule has 7 nitrogen and oxygen atoms in total. The largest absolute Gasteiger partial charge is 0.492 e. The van der Waals surface area contributed by atoms with E-state index in [1.165, 1.54) is 22.6 Å². The first-order valence-electron chi connectivity index (χ1n) is 13.5. The lowest BCUT2D eigenvalue weighted by molar-refractivity contribution is -0.150. The summed E-state index contributed by atoms with van der Waals surface area (Å²) in [4.78, 5) is 25.7. The zero-order chi connectivity index (χ0) is 30.4. The molecule has 3 aromatic rings. The van der Waals surface area contributed by atoms with E-state index in [9.17, 15) is 27.9 Å². The van der Waals surface area contributed by atoms with Gasteiger partial charge in [-0.3, -0.25) is 0 Å². The lowest BCUT2D eigenvalue weighted by Crippen LogP contribution is -2.38. The molecule has 1 atom stereocenters. The minimum absolute atomic E-state index is 0.0726. The maximum absolute atomic E-state index is 13.4. The SMILES string of the molecule is CCOC(Cc1ccc(OCCN(CCCSCc2ccccc2)C(=O)Oc2ccccc2C(F)(F)F)cc1)C(=O)O. The van der Waals surface area contributed by atoms with Crippen molar-refractivity contribution in [2.24, 2.45) is 0 Å². The smallest absolute Gasteiger partial charge is 0.419 e. The highest BCUT2D eigenvalue weighted by Crippen LogP contribution is 2.36. The van der Waals surface area contributed by atoms with Crippen LogP contribution in [0.5, 0.6) is 11.5 Å². The molecule has 0 heterocycles.